The van der Waals surface area contributed by atoms with Crippen LogP contribution < -0.4 is 5.32 Å². The van der Waals surface area contributed by atoms with Gasteiger partial charge in [-0.25, -0.2) is 0 Å². The van der Waals surface area contributed by atoms with E-state index in [0.29, 0.717) is 12.0 Å². The highest BCUT2D eigenvalue weighted by Gasteiger charge is 2.20. The van der Waals surface area contributed by atoms with Crippen LogP contribution in [0.2, 0.25) is 0 Å². The van der Waals surface area contributed by atoms with Crippen LogP contribution in [-0.2, 0) is 0 Å². The smallest absolute Gasteiger partial charge is 0.0472 e. The maximum Gasteiger partial charge on any atom is 0.0472 e. The number of likely N-dealkylation sites (N-methyl/N-ethyl adjacent to an activating group) is 1. The SMILES string of the molecule is CCN1CCCNCC1c1ccc(C(C)C)cc1. The van der Waals surface area contributed by atoms with Crippen molar-refractivity contribution in [1.82, 2.24) is 10.2 Å². The summed E-state index contributed by atoms with van der Waals surface area (Å²) in [7, 11) is 0. The molecule has 0 amide bonds. The van der Waals surface area contributed by atoms with Crippen molar-refractivity contribution >= 4 is 0 Å². The van der Waals surface area contributed by atoms with Gasteiger partial charge in [0.15, 0.2) is 0 Å². The van der Waals surface area contributed by atoms with E-state index in [2.05, 4.69) is 55.3 Å². The summed E-state index contributed by atoms with van der Waals surface area (Å²) in [6.07, 6.45) is 1.26. The Hall–Kier alpha value is -0.860. The van der Waals surface area contributed by atoms with Gasteiger partial charge in [0.25, 0.3) is 0 Å². The third-order valence-corrected chi connectivity index (χ3v) is 3.97. The first-order chi connectivity index (χ1) is 8.72. The lowest BCUT2D eigenvalue weighted by molar-refractivity contribution is 0.222. The molecule has 2 heteroatoms. The van der Waals surface area contributed by atoms with E-state index < -0.39 is 0 Å². The van der Waals surface area contributed by atoms with Crippen LogP contribution in [0.4, 0.5) is 0 Å². The highest BCUT2D eigenvalue weighted by Crippen LogP contribution is 2.24. The fourth-order valence-corrected chi connectivity index (χ4v) is 2.74. The molecule has 1 aromatic rings. The molecule has 1 N–H and O–H groups in total. The predicted molar refractivity (Wildman–Crippen MR) is 78.0 cm³/mol. The van der Waals surface area contributed by atoms with Crippen LogP contribution in [0, 0.1) is 0 Å². The van der Waals surface area contributed by atoms with Crippen molar-refractivity contribution in [2.24, 2.45) is 0 Å². The molecule has 1 aromatic carbocycles. The van der Waals surface area contributed by atoms with E-state index in [1.807, 2.05) is 0 Å². The standard InChI is InChI=1S/C16H26N2/c1-4-18-11-5-10-17-12-16(18)15-8-6-14(7-9-15)13(2)3/h6-9,13,16-17H,4-5,10-12H2,1-3H3. The topological polar surface area (TPSA) is 15.3 Å². The van der Waals surface area contributed by atoms with Crippen LogP contribution in [0.25, 0.3) is 0 Å². The molecule has 1 heterocycles. The quantitative estimate of drug-likeness (QED) is 0.881. The first kappa shape index (κ1) is 13.6. The Morgan fingerprint density at radius 2 is 2.00 bits per heavy atom. The van der Waals surface area contributed by atoms with Crippen molar-refractivity contribution in [2.45, 2.75) is 39.2 Å². The van der Waals surface area contributed by atoms with Gasteiger partial charge >= 0.3 is 0 Å². The fraction of sp³-hybridized carbons (Fsp3) is 0.625. The number of hydrogen-bond acceptors (Lipinski definition) is 2. The third kappa shape index (κ3) is 3.12. The molecule has 0 radical (unpaired) electrons. The molecule has 2 nitrogen and oxygen atoms in total. The van der Waals surface area contributed by atoms with Gasteiger partial charge in [0, 0.05) is 12.6 Å². The Bertz CT molecular complexity index is 356. The van der Waals surface area contributed by atoms with Crippen molar-refractivity contribution in [3.8, 4) is 0 Å². The summed E-state index contributed by atoms with van der Waals surface area (Å²) >= 11 is 0. The number of nitrogens with zero attached hydrogens (tertiary/aromatic N) is 1. The summed E-state index contributed by atoms with van der Waals surface area (Å²) in [5, 5.41) is 3.56. The van der Waals surface area contributed by atoms with E-state index in [1.165, 1.54) is 24.1 Å². The molecule has 18 heavy (non-hydrogen) atoms. The van der Waals surface area contributed by atoms with E-state index in [4.69, 9.17) is 0 Å². The minimum atomic E-state index is 0.540. The zero-order chi connectivity index (χ0) is 13.0. The lowest BCUT2D eigenvalue weighted by atomic mass is 9.98. The van der Waals surface area contributed by atoms with Crippen LogP contribution in [0.5, 0.6) is 0 Å². The first-order valence-corrected chi connectivity index (χ1v) is 7.27. The van der Waals surface area contributed by atoms with E-state index in [0.717, 1.165) is 19.6 Å². The number of benzene rings is 1. The minimum Gasteiger partial charge on any atom is -0.315 e. The molecule has 1 atom stereocenters. The predicted octanol–water partition coefficient (Wildman–Crippen LogP) is 3.17. The van der Waals surface area contributed by atoms with Gasteiger partial charge in [-0.1, -0.05) is 45.0 Å². The Morgan fingerprint density at radius 3 is 2.61 bits per heavy atom. The number of rotatable bonds is 3. The van der Waals surface area contributed by atoms with E-state index in [9.17, 15) is 0 Å². The van der Waals surface area contributed by atoms with Crippen molar-refractivity contribution in [2.75, 3.05) is 26.2 Å². The highest BCUT2D eigenvalue weighted by molar-refractivity contribution is 5.27. The summed E-state index contributed by atoms with van der Waals surface area (Å²) < 4.78 is 0. The molecule has 1 aliphatic rings. The van der Waals surface area contributed by atoms with Gasteiger partial charge < -0.3 is 5.32 Å². The van der Waals surface area contributed by atoms with Crippen LogP contribution >= 0.6 is 0 Å². The summed E-state index contributed by atoms with van der Waals surface area (Å²) in [6, 6.07) is 9.75. The number of hydrogen-bond donors (Lipinski definition) is 1. The van der Waals surface area contributed by atoms with Crippen molar-refractivity contribution in [1.29, 1.82) is 0 Å². The molecule has 0 bridgehead atoms. The van der Waals surface area contributed by atoms with Crippen LogP contribution in [0.3, 0.4) is 0 Å². The molecule has 1 unspecified atom stereocenters. The zero-order valence-electron chi connectivity index (χ0n) is 11.9. The van der Waals surface area contributed by atoms with Gasteiger partial charge in [-0.3, -0.25) is 4.90 Å². The number of nitrogens with one attached hydrogen (secondary N) is 1. The molecule has 0 aromatic heterocycles. The van der Waals surface area contributed by atoms with Crippen LogP contribution in [0.1, 0.15) is 50.3 Å². The molecule has 0 spiro atoms. The monoisotopic (exact) mass is 246 g/mol. The van der Waals surface area contributed by atoms with Gasteiger partial charge in [-0.15, -0.1) is 0 Å². The average Bonchev–Trinajstić information content (AvgIpc) is 2.63. The lowest BCUT2D eigenvalue weighted by Crippen LogP contribution is -2.32. The van der Waals surface area contributed by atoms with E-state index in [-0.39, 0.29) is 0 Å². The Morgan fingerprint density at radius 1 is 1.28 bits per heavy atom. The largest absolute Gasteiger partial charge is 0.315 e. The maximum absolute atomic E-state index is 3.56. The lowest BCUT2D eigenvalue weighted by Gasteiger charge is -2.29. The van der Waals surface area contributed by atoms with Crippen LogP contribution in [0.15, 0.2) is 24.3 Å². The van der Waals surface area contributed by atoms with Crippen molar-refractivity contribution in [3.63, 3.8) is 0 Å². The maximum atomic E-state index is 3.56. The molecule has 0 aliphatic carbocycles. The highest BCUT2D eigenvalue weighted by atomic mass is 15.2. The molecule has 0 saturated carbocycles. The Balaban J connectivity index is 2.16. The molecule has 2 rings (SSSR count). The molecule has 1 aliphatic heterocycles. The Labute approximate surface area is 111 Å². The summed E-state index contributed by atoms with van der Waals surface area (Å²) in [6.45, 7) is 11.3. The van der Waals surface area contributed by atoms with E-state index in [1.54, 1.807) is 0 Å². The van der Waals surface area contributed by atoms with Crippen molar-refractivity contribution < 1.29 is 0 Å². The molecule has 1 fully saturated rings. The zero-order valence-corrected chi connectivity index (χ0v) is 11.9. The summed E-state index contributed by atoms with van der Waals surface area (Å²) in [4.78, 5) is 2.59. The third-order valence-electron chi connectivity index (χ3n) is 3.97. The fourth-order valence-electron chi connectivity index (χ4n) is 2.74. The molecule has 100 valence electrons. The normalized spacial score (nSPS) is 22.1. The van der Waals surface area contributed by atoms with Gasteiger partial charge in [0.1, 0.15) is 0 Å². The van der Waals surface area contributed by atoms with Gasteiger partial charge in [0.2, 0.25) is 0 Å². The minimum absolute atomic E-state index is 0.540. The van der Waals surface area contributed by atoms with Gasteiger partial charge in [-0.2, -0.15) is 0 Å². The second kappa shape index (κ2) is 6.35. The Kier molecular flexibility index (Phi) is 4.79. The van der Waals surface area contributed by atoms with Gasteiger partial charge in [0.05, 0.1) is 0 Å². The van der Waals surface area contributed by atoms with E-state index >= 15 is 0 Å². The second-order valence-corrected chi connectivity index (χ2v) is 5.52. The molecular weight excluding hydrogens is 220 g/mol. The van der Waals surface area contributed by atoms with Crippen molar-refractivity contribution in [3.05, 3.63) is 35.4 Å². The second-order valence-electron chi connectivity index (χ2n) is 5.52. The summed E-state index contributed by atoms with van der Waals surface area (Å²) in [5.74, 6) is 0.619. The molecular formula is C16H26N2. The average molecular weight is 246 g/mol. The summed E-state index contributed by atoms with van der Waals surface area (Å²) in [5.41, 5.74) is 2.89. The van der Waals surface area contributed by atoms with Crippen LogP contribution in [-0.4, -0.2) is 31.1 Å². The molecule has 1 saturated heterocycles. The van der Waals surface area contributed by atoms with Gasteiger partial charge in [-0.05, 0) is 43.1 Å². The first-order valence-electron chi connectivity index (χ1n) is 7.27.